The van der Waals surface area contributed by atoms with E-state index in [0.717, 1.165) is 11.3 Å². The van der Waals surface area contributed by atoms with E-state index in [4.69, 9.17) is 0 Å². The highest BCUT2D eigenvalue weighted by Crippen LogP contribution is 2.13. The summed E-state index contributed by atoms with van der Waals surface area (Å²) in [5.74, 6) is 0.807. The molecule has 0 aliphatic heterocycles. The molecule has 1 rings (SSSR count). The first kappa shape index (κ1) is 23.5. The van der Waals surface area contributed by atoms with Gasteiger partial charge in [-0.2, -0.15) is 0 Å². The number of carbonyl (C=O) groups is 2. The third-order valence-corrected chi connectivity index (χ3v) is 3.50. The molecule has 1 aromatic rings. The minimum Gasteiger partial charge on any atom is -0.357 e. The van der Waals surface area contributed by atoms with Gasteiger partial charge in [-0.15, -0.1) is 0 Å². The summed E-state index contributed by atoms with van der Waals surface area (Å²) in [7, 11) is 0. The molecule has 0 saturated carbocycles. The van der Waals surface area contributed by atoms with E-state index in [0.29, 0.717) is 31.4 Å². The minimum absolute atomic E-state index is 0.00974. The van der Waals surface area contributed by atoms with Crippen LogP contribution >= 0.6 is 0 Å². The lowest BCUT2D eigenvalue weighted by atomic mass is 10.1. The van der Waals surface area contributed by atoms with E-state index >= 15 is 0 Å². The Balaban J connectivity index is 2.67. The molecule has 0 heterocycles. The van der Waals surface area contributed by atoms with E-state index in [1.54, 1.807) is 0 Å². The van der Waals surface area contributed by atoms with Gasteiger partial charge >= 0.3 is 0 Å². The lowest BCUT2D eigenvalue weighted by Crippen LogP contribution is -2.48. The van der Waals surface area contributed by atoms with E-state index in [1.165, 1.54) is 0 Å². The van der Waals surface area contributed by atoms with Gasteiger partial charge in [-0.25, -0.2) is 4.99 Å². The Kier molecular flexibility index (Phi) is 9.48. The van der Waals surface area contributed by atoms with Crippen molar-refractivity contribution in [3.05, 3.63) is 29.8 Å². The summed E-state index contributed by atoms with van der Waals surface area (Å²) in [6.07, 6.45) is 0.494. The Morgan fingerprint density at radius 1 is 1.11 bits per heavy atom. The summed E-state index contributed by atoms with van der Waals surface area (Å²) in [5, 5.41) is 12.0. The van der Waals surface area contributed by atoms with Gasteiger partial charge in [0, 0.05) is 24.2 Å². The van der Waals surface area contributed by atoms with Crippen molar-refractivity contribution in [2.75, 3.05) is 18.4 Å². The van der Waals surface area contributed by atoms with Crippen LogP contribution in [0.25, 0.3) is 0 Å². The van der Waals surface area contributed by atoms with E-state index in [-0.39, 0.29) is 23.9 Å². The molecule has 4 N–H and O–H groups in total. The van der Waals surface area contributed by atoms with Crippen LogP contribution in [0.3, 0.4) is 0 Å². The summed E-state index contributed by atoms with van der Waals surface area (Å²) in [6.45, 7) is 13.1. The molecular weight excluding hydrogens is 354 g/mol. The zero-order valence-corrected chi connectivity index (χ0v) is 18.0. The normalized spacial score (nSPS) is 11.9. The Bertz CT molecular complexity index is 678. The molecule has 0 radical (unpaired) electrons. The number of nitrogens with zero attached hydrogens (tertiary/aromatic N) is 1. The molecule has 1 aromatic carbocycles. The zero-order valence-electron chi connectivity index (χ0n) is 18.0. The van der Waals surface area contributed by atoms with E-state index in [1.807, 2.05) is 65.8 Å². The van der Waals surface area contributed by atoms with Gasteiger partial charge in [0.25, 0.3) is 0 Å². The minimum atomic E-state index is -0.269. The average molecular weight is 390 g/mol. The van der Waals surface area contributed by atoms with Crippen LogP contribution in [0.4, 0.5) is 5.69 Å². The fraction of sp³-hybridized carbons (Fsp3) is 0.571. The third-order valence-electron chi connectivity index (χ3n) is 3.50. The van der Waals surface area contributed by atoms with Crippen molar-refractivity contribution in [2.24, 2.45) is 10.9 Å². The van der Waals surface area contributed by atoms with Crippen LogP contribution in [-0.2, 0) is 16.1 Å². The van der Waals surface area contributed by atoms with E-state index < -0.39 is 0 Å². The second-order valence-electron chi connectivity index (χ2n) is 8.19. The maximum Gasteiger partial charge on any atom is 0.239 e. The molecule has 0 unspecified atom stereocenters. The number of benzene rings is 1. The van der Waals surface area contributed by atoms with Crippen LogP contribution in [0.1, 0.15) is 53.5 Å². The summed E-state index contributed by atoms with van der Waals surface area (Å²) < 4.78 is 0. The lowest BCUT2D eigenvalue weighted by Gasteiger charge is -2.21. The zero-order chi connectivity index (χ0) is 21.2. The highest BCUT2D eigenvalue weighted by atomic mass is 16.2. The number of amides is 2. The fourth-order valence-corrected chi connectivity index (χ4v) is 2.47. The molecule has 7 heteroatoms. The lowest BCUT2D eigenvalue weighted by molar-refractivity contribution is -0.121. The van der Waals surface area contributed by atoms with Gasteiger partial charge in [-0.1, -0.05) is 26.0 Å². The maximum atomic E-state index is 12.0. The van der Waals surface area contributed by atoms with Crippen LogP contribution in [0.15, 0.2) is 29.3 Å². The van der Waals surface area contributed by atoms with E-state index in [2.05, 4.69) is 26.3 Å². The molecular formula is C21H35N5O2. The summed E-state index contributed by atoms with van der Waals surface area (Å²) in [4.78, 5) is 28.4. The van der Waals surface area contributed by atoms with Gasteiger partial charge in [0.15, 0.2) is 5.96 Å². The highest BCUT2D eigenvalue weighted by molar-refractivity contribution is 5.91. The van der Waals surface area contributed by atoms with E-state index in [9.17, 15) is 9.59 Å². The van der Waals surface area contributed by atoms with Gasteiger partial charge < -0.3 is 21.3 Å². The third kappa shape index (κ3) is 10.5. The number of rotatable bonds is 8. The topological polar surface area (TPSA) is 94.6 Å². The van der Waals surface area contributed by atoms with Gasteiger partial charge in [0.2, 0.25) is 11.8 Å². The quantitative estimate of drug-likeness (QED) is 0.406. The first-order chi connectivity index (χ1) is 13.1. The summed E-state index contributed by atoms with van der Waals surface area (Å²) in [6, 6.07) is 7.63. The van der Waals surface area contributed by atoms with Crippen LogP contribution < -0.4 is 21.3 Å². The predicted octanol–water partition coefficient (Wildman–Crippen LogP) is 2.64. The molecule has 0 spiro atoms. The number of hydrogen-bond donors (Lipinski definition) is 4. The van der Waals surface area contributed by atoms with Crippen molar-refractivity contribution >= 4 is 23.5 Å². The second kappa shape index (κ2) is 11.3. The predicted molar refractivity (Wildman–Crippen MR) is 115 cm³/mol. The monoisotopic (exact) mass is 389 g/mol. The second-order valence-corrected chi connectivity index (χ2v) is 8.19. The summed E-state index contributed by atoms with van der Waals surface area (Å²) in [5.41, 5.74) is 1.47. The maximum absolute atomic E-state index is 12.0. The average Bonchev–Trinajstić information content (AvgIpc) is 2.55. The number of carbonyl (C=O) groups excluding carboxylic acids is 2. The van der Waals surface area contributed by atoms with Crippen molar-refractivity contribution in [3.63, 3.8) is 0 Å². The first-order valence-corrected chi connectivity index (χ1v) is 9.81. The van der Waals surface area contributed by atoms with Gasteiger partial charge in [-0.3, -0.25) is 9.59 Å². The number of guanidine groups is 1. The summed E-state index contributed by atoms with van der Waals surface area (Å²) >= 11 is 0. The van der Waals surface area contributed by atoms with Crippen molar-refractivity contribution in [1.29, 1.82) is 0 Å². The molecule has 0 atom stereocenters. The number of hydrogen-bond acceptors (Lipinski definition) is 3. The number of anilines is 1. The van der Waals surface area contributed by atoms with Crippen LogP contribution in [-0.4, -0.2) is 36.4 Å². The van der Waals surface area contributed by atoms with Crippen molar-refractivity contribution in [1.82, 2.24) is 16.0 Å². The van der Waals surface area contributed by atoms with Gasteiger partial charge in [0.1, 0.15) is 0 Å². The van der Waals surface area contributed by atoms with Gasteiger partial charge in [0.05, 0.1) is 13.1 Å². The molecule has 156 valence electrons. The molecule has 0 aromatic heterocycles. The van der Waals surface area contributed by atoms with Crippen molar-refractivity contribution in [2.45, 2.75) is 60.0 Å². The SMILES string of the molecule is CCNC(=NCc1cccc(NC(=O)CC(C)C)c1)NCC(=O)NC(C)(C)C. The molecule has 7 nitrogen and oxygen atoms in total. The number of aliphatic imine (C=N–C) groups is 1. The van der Waals surface area contributed by atoms with Crippen LogP contribution in [0.2, 0.25) is 0 Å². The smallest absolute Gasteiger partial charge is 0.239 e. The Labute approximate surface area is 168 Å². The largest absolute Gasteiger partial charge is 0.357 e. The van der Waals surface area contributed by atoms with Crippen molar-refractivity contribution in [3.8, 4) is 0 Å². The molecule has 0 bridgehead atoms. The molecule has 0 aliphatic rings. The first-order valence-electron chi connectivity index (χ1n) is 9.81. The molecule has 0 saturated heterocycles. The van der Waals surface area contributed by atoms with Crippen molar-refractivity contribution < 1.29 is 9.59 Å². The Hall–Kier alpha value is -2.57. The Morgan fingerprint density at radius 3 is 2.43 bits per heavy atom. The standard InChI is InChI=1S/C21H35N5O2/c1-7-22-20(24-14-19(28)26-21(4,5)6)23-13-16-9-8-10-17(12-16)25-18(27)11-15(2)3/h8-10,12,15H,7,11,13-14H2,1-6H3,(H,25,27)(H,26,28)(H2,22,23,24). The molecule has 28 heavy (non-hydrogen) atoms. The molecule has 0 fully saturated rings. The van der Waals surface area contributed by atoms with Crippen LogP contribution in [0.5, 0.6) is 0 Å². The van der Waals surface area contributed by atoms with Gasteiger partial charge in [-0.05, 0) is 51.3 Å². The Morgan fingerprint density at radius 2 is 1.82 bits per heavy atom. The highest BCUT2D eigenvalue weighted by Gasteiger charge is 2.13. The fourth-order valence-electron chi connectivity index (χ4n) is 2.47. The molecule has 2 amide bonds. The molecule has 0 aliphatic carbocycles. The van der Waals surface area contributed by atoms with Crippen LogP contribution in [0, 0.1) is 5.92 Å². The number of nitrogens with one attached hydrogen (secondary N) is 4.